The largest absolute Gasteiger partial charge is 0.351 e. The number of hydrogen-bond donors (Lipinski definition) is 1. The molecule has 0 unspecified atom stereocenters. The van der Waals surface area contributed by atoms with E-state index in [0.29, 0.717) is 12.0 Å². The molecule has 2 atom stereocenters. The van der Waals surface area contributed by atoms with Gasteiger partial charge in [0.1, 0.15) is 0 Å². The Labute approximate surface area is 137 Å². The van der Waals surface area contributed by atoms with Crippen molar-refractivity contribution >= 4 is 22.6 Å². The first-order valence-electron chi connectivity index (χ1n) is 8.22. The van der Waals surface area contributed by atoms with E-state index in [9.17, 15) is 0 Å². The zero-order valence-electron chi connectivity index (χ0n) is 14.0. The Balaban J connectivity index is 1.72. The van der Waals surface area contributed by atoms with Gasteiger partial charge in [-0.05, 0) is 38.7 Å². The molecule has 1 aromatic heterocycles. The number of nitrogens with one attached hydrogen (secondary N) is 1. The molecule has 120 valence electrons. The number of hydrogen-bond acceptors (Lipinski definition) is 3. The van der Waals surface area contributed by atoms with Gasteiger partial charge in [-0.2, -0.15) is 5.10 Å². The summed E-state index contributed by atoms with van der Waals surface area (Å²) in [4.78, 5) is 4.91. The fourth-order valence-corrected chi connectivity index (χ4v) is 4.12. The first kappa shape index (κ1) is 15.7. The highest BCUT2D eigenvalue weighted by atomic mass is 32.2. The van der Waals surface area contributed by atoms with Gasteiger partial charge in [-0.1, -0.05) is 31.5 Å². The van der Waals surface area contributed by atoms with Crippen molar-refractivity contribution in [3.8, 4) is 0 Å². The highest BCUT2D eigenvalue weighted by molar-refractivity contribution is 8.14. The van der Waals surface area contributed by atoms with Crippen LogP contribution in [0.2, 0.25) is 0 Å². The first-order valence-corrected chi connectivity index (χ1v) is 9.21. The average Bonchev–Trinajstić information content (AvgIpc) is 2.78. The second-order valence-corrected chi connectivity index (χ2v) is 7.53. The van der Waals surface area contributed by atoms with Crippen LogP contribution in [0.3, 0.4) is 0 Å². The van der Waals surface area contributed by atoms with E-state index in [-0.39, 0.29) is 0 Å². The highest BCUT2D eigenvalue weighted by Gasteiger charge is 2.23. The topological polar surface area (TPSA) is 41.7 Å². The summed E-state index contributed by atoms with van der Waals surface area (Å²) in [5, 5.41) is 5.58. The van der Waals surface area contributed by atoms with Gasteiger partial charge in [0.25, 0.3) is 0 Å². The molecule has 3 rings (SSSR count). The summed E-state index contributed by atoms with van der Waals surface area (Å²) in [5.41, 5.74) is 8.12. The third-order valence-corrected chi connectivity index (χ3v) is 5.96. The lowest BCUT2D eigenvalue weighted by atomic mass is 9.86. The smallest absolute Gasteiger partial charge is 0.177 e. The van der Waals surface area contributed by atoms with E-state index < -0.39 is 0 Å². The minimum atomic E-state index is 0.473. The summed E-state index contributed by atoms with van der Waals surface area (Å²) in [5.74, 6) is 1.60. The predicted molar refractivity (Wildman–Crippen MR) is 95.9 cm³/mol. The number of nitrogens with zero attached hydrogens (tertiary/aromatic N) is 3. The van der Waals surface area contributed by atoms with Gasteiger partial charge < -0.3 is 4.57 Å². The minimum absolute atomic E-state index is 0.473. The lowest BCUT2D eigenvalue weighted by Gasteiger charge is -2.26. The first-order chi connectivity index (χ1) is 10.6. The molecule has 0 aromatic carbocycles. The molecule has 0 amide bonds. The second kappa shape index (κ2) is 6.49. The SMILES string of the molecule is Cc1cc(C2=NNC(=N[C@H]3CCCC[C@H]3C)SC2)c(C)n1C. The molecule has 22 heavy (non-hydrogen) atoms. The van der Waals surface area contributed by atoms with E-state index in [2.05, 4.69) is 49.0 Å². The lowest BCUT2D eigenvalue weighted by Crippen LogP contribution is -2.29. The van der Waals surface area contributed by atoms with Crippen LogP contribution in [0.15, 0.2) is 16.2 Å². The lowest BCUT2D eigenvalue weighted by molar-refractivity contribution is 0.333. The maximum atomic E-state index is 4.91. The van der Waals surface area contributed by atoms with Crippen molar-refractivity contribution < 1.29 is 0 Å². The van der Waals surface area contributed by atoms with Crippen molar-refractivity contribution in [2.45, 2.75) is 52.5 Å². The molecule has 1 aliphatic carbocycles. The molecule has 1 N–H and O–H groups in total. The zero-order valence-corrected chi connectivity index (χ0v) is 14.8. The van der Waals surface area contributed by atoms with Crippen LogP contribution in [0.25, 0.3) is 0 Å². The molecule has 1 aromatic rings. The van der Waals surface area contributed by atoms with Crippen LogP contribution < -0.4 is 5.43 Å². The number of rotatable bonds is 2. The molecule has 2 aliphatic rings. The van der Waals surface area contributed by atoms with Crippen molar-refractivity contribution in [2.24, 2.45) is 23.1 Å². The Morgan fingerprint density at radius 3 is 2.68 bits per heavy atom. The fourth-order valence-electron chi connectivity index (χ4n) is 3.31. The van der Waals surface area contributed by atoms with Crippen molar-refractivity contribution in [1.82, 2.24) is 9.99 Å². The van der Waals surface area contributed by atoms with Gasteiger partial charge in [-0.15, -0.1) is 0 Å². The van der Waals surface area contributed by atoms with E-state index in [1.54, 1.807) is 11.8 Å². The van der Waals surface area contributed by atoms with Gasteiger partial charge >= 0.3 is 0 Å². The summed E-state index contributed by atoms with van der Waals surface area (Å²) < 4.78 is 2.22. The Hall–Kier alpha value is -1.23. The van der Waals surface area contributed by atoms with Gasteiger partial charge in [0.15, 0.2) is 5.17 Å². The van der Waals surface area contributed by atoms with Crippen LogP contribution in [0.4, 0.5) is 0 Å². The molecule has 1 fully saturated rings. The van der Waals surface area contributed by atoms with Crippen molar-refractivity contribution in [3.63, 3.8) is 0 Å². The van der Waals surface area contributed by atoms with Crippen LogP contribution in [0.1, 0.15) is 49.6 Å². The number of thioether (sulfide) groups is 1. The molecule has 1 saturated carbocycles. The van der Waals surface area contributed by atoms with Crippen LogP contribution in [-0.4, -0.2) is 27.2 Å². The molecule has 0 bridgehead atoms. The number of amidine groups is 1. The van der Waals surface area contributed by atoms with Gasteiger partial charge in [-0.3, -0.25) is 10.4 Å². The Morgan fingerprint density at radius 2 is 2.09 bits per heavy atom. The van der Waals surface area contributed by atoms with Crippen LogP contribution >= 0.6 is 11.8 Å². The summed E-state index contributed by atoms with van der Waals surface area (Å²) in [7, 11) is 2.11. The number of hydrazone groups is 1. The standard InChI is InChI=1S/C17H26N4S/c1-11-7-5-6-8-15(11)18-17-20-19-16(10-22-17)14-9-12(2)21(4)13(14)3/h9,11,15H,5-8,10H2,1-4H3,(H,18,20)/t11-,15+/m1/s1. The van der Waals surface area contributed by atoms with Gasteiger partial charge in [-0.25, -0.2) is 0 Å². The minimum Gasteiger partial charge on any atom is -0.351 e. The maximum absolute atomic E-state index is 4.91. The molecule has 0 spiro atoms. The molecule has 0 saturated heterocycles. The molecular formula is C17H26N4S. The van der Waals surface area contributed by atoms with Gasteiger partial charge in [0.05, 0.1) is 11.8 Å². The molecule has 0 radical (unpaired) electrons. The molecular weight excluding hydrogens is 292 g/mol. The Kier molecular flexibility index (Phi) is 4.62. The van der Waals surface area contributed by atoms with E-state index in [1.807, 2.05) is 0 Å². The van der Waals surface area contributed by atoms with E-state index in [4.69, 9.17) is 4.99 Å². The quantitative estimate of drug-likeness (QED) is 0.905. The number of aromatic nitrogens is 1. The normalized spacial score (nSPS) is 27.6. The molecule has 2 heterocycles. The molecule has 4 nitrogen and oxygen atoms in total. The average molecular weight is 318 g/mol. The summed E-state index contributed by atoms with van der Waals surface area (Å²) in [6.07, 6.45) is 5.20. The second-order valence-electron chi connectivity index (χ2n) is 6.57. The molecule has 5 heteroatoms. The van der Waals surface area contributed by atoms with E-state index in [1.165, 1.54) is 42.6 Å². The maximum Gasteiger partial charge on any atom is 0.177 e. The van der Waals surface area contributed by atoms with E-state index in [0.717, 1.165) is 16.6 Å². The number of aryl methyl sites for hydroxylation is 1. The highest BCUT2D eigenvalue weighted by Crippen LogP contribution is 2.27. The zero-order chi connectivity index (χ0) is 15.7. The van der Waals surface area contributed by atoms with Crippen LogP contribution in [-0.2, 0) is 7.05 Å². The van der Waals surface area contributed by atoms with Crippen LogP contribution in [0.5, 0.6) is 0 Å². The van der Waals surface area contributed by atoms with Gasteiger partial charge in [0.2, 0.25) is 0 Å². The Bertz CT molecular complexity index is 614. The third-order valence-electron chi connectivity index (χ3n) is 5.07. The van der Waals surface area contributed by atoms with Crippen LogP contribution in [0, 0.1) is 19.8 Å². The predicted octanol–water partition coefficient (Wildman–Crippen LogP) is 3.62. The molecule has 1 aliphatic heterocycles. The summed E-state index contributed by atoms with van der Waals surface area (Å²) >= 11 is 1.78. The third kappa shape index (κ3) is 3.09. The number of aliphatic imine (C=N–C) groups is 1. The summed E-state index contributed by atoms with van der Waals surface area (Å²) in [6.45, 7) is 6.62. The van der Waals surface area contributed by atoms with E-state index >= 15 is 0 Å². The monoisotopic (exact) mass is 318 g/mol. The van der Waals surface area contributed by atoms with Crippen molar-refractivity contribution in [1.29, 1.82) is 0 Å². The van der Waals surface area contributed by atoms with Crippen molar-refractivity contribution in [3.05, 3.63) is 23.0 Å². The van der Waals surface area contributed by atoms with Gasteiger partial charge in [0, 0.05) is 29.8 Å². The van der Waals surface area contributed by atoms with Crippen molar-refractivity contribution in [2.75, 3.05) is 5.75 Å². The fraction of sp³-hybridized carbons (Fsp3) is 0.647. The Morgan fingerprint density at radius 1 is 1.32 bits per heavy atom. The summed E-state index contributed by atoms with van der Waals surface area (Å²) in [6, 6.07) is 2.70.